The lowest BCUT2D eigenvalue weighted by Gasteiger charge is -2.34. The molecule has 0 saturated heterocycles. The van der Waals surface area contributed by atoms with E-state index in [4.69, 9.17) is 26.2 Å². The van der Waals surface area contributed by atoms with Gasteiger partial charge in [-0.25, -0.2) is 4.98 Å². The van der Waals surface area contributed by atoms with E-state index in [1.165, 1.54) is 57.7 Å². The molecule has 0 saturated carbocycles. The maximum atomic E-state index is 10.9. The summed E-state index contributed by atoms with van der Waals surface area (Å²) in [5.41, 5.74) is -5.47. The smallest absolute Gasteiger partial charge is 0.269 e. The largest absolute Gasteiger partial charge is 0.458 e. The molecule has 0 aliphatic carbocycles. The van der Waals surface area contributed by atoms with Crippen molar-refractivity contribution in [3.05, 3.63) is 357 Å². The van der Waals surface area contributed by atoms with Crippen molar-refractivity contribution in [2.45, 2.75) is 26.2 Å². The van der Waals surface area contributed by atoms with Crippen molar-refractivity contribution in [3.8, 4) is 84.3 Å². The number of pyridine rings is 1. The normalized spacial score (nSPS) is 17.3. The number of nitrogens with zero attached hydrogens (tertiary/aromatic N) is 4. The number of ether oxygens (including phenoxy) is 1. The van der Waals surface area contributed by atoms with Crippen LogP contribution in [0.1, 0.15) is 77.1 Å². The van der Waals surface area contributed by atoms with Gasteiger partial charge < -0.3 is 4.74 Å². The standard InChI is InChI=1S/C88H66N4OSi/c1-88(2,3)70-51-52-89-86(58-70)92-82-46-23-22-43-80(82)81-49-48-73(60-84(81)92)93-72-35-25-34-71(59-72)90-61-91(87-78(64-31-14-6-15-32-64)44-26-45-79(87)69-54-67(62-27-10-4-11-28-62)53-68(55-69)63-29-12-5-13-30-63)83-50-47-66(57-85(83)90)65-33-24-42-77(56-65)94(74-36-16-7-17-37-74,75-38-18-8-19-39-75)76-40-20-9-21-41-76/h4-60H,1-3H3/i4D,5D,6D,7D,8D,9D,10D,11D,12D,13D,14D,15D,16D,17D,18D,19D,20D,21D,24D,27D,28D,29D,30D,31D,32D,33D,36D,37D,38D,39D,40D,41D,42D,53D,54D,55D,56D. The van der Waals surface area contributed by atoms with Crippen LogP contribution in [0.3, 0.4) is 0 Å². The SMILES string of the molecule is [2H]c1c([2H])c([2H])c(-c2cccc(-c3c([2H])c(-c4c([2H])c([2H])c([2H])c([2H])c4[2H])c([2H])c(-c4c([2H])c([2H])c([2H])c([2H])c4[2H])c3[2H])c2-[n+]2[c-]n(-c3cccc(Oc4ccc5c6ccccc6n(-c6cc(C(C)(C)C)ccn6)c5c4)c3)c3cc(-c4c([2H])c([2H])c([2H])c([Si](c5c([2H])c([2H])c([2H])c([2H])c5[2H])(c5c([2H])c([2H])c([2H])c([2H])c5[2H])c5c([2H])c([2H])c([2H])c([2H])c5[2H])c4[2H])ccc32)c([2H])c1[2H]. The molecule has 0 N–H and O–H groups in total. The Morgan fingerprint density at radius 1 is 0.415 bits per heavy atom. The van der Waals surface area contributed by atoms with Gasteiger partial charge in [-0.05, 0) is 160 Å². The lowest BCUT2D eigenvalue weighted by Crippen LogP contribution is -2.74. The third-order valence-corrected chi connectivity index (χ3v) is 19.9. The number of hydrogen-bond acceptors (Lipinski definition) is 2. The zero-order valence-electron chi connectivity index (χ0n) is 86.7. The Morgan fingerprint density at radius 3 is 1.60 bits per heavy atom. The van der Waals surface area contributed by atoms with Gasteiger partial charge in [-0.2, -0.15) is 0 Å². The quantitative estimate of drug-likeness (QED) is 0.0471. The van der Waals surface area contributed by atoms with Crippen LogP contribution >= 0.6 is 0 Å². The van der Waals surface area contributed by atoms with Crippen LogP contribution in [-0.4, -0.2) is 22.2 Å². The molecule has 448 valence electrons. The van der Waals surface area contributed by atoms with E-state index in [-0.39, 0.29) is 44.8 Å². The molecule has 0 amide bonds. The third-order valence-electron chi connectivity index (χ3n) is 15.9. The van der Waals surface area contributed by atoms with Crippen LogP contribution in [0.5, 0.6) is 11.5 Å². The predicted octanol–water partition coefficient (Wildman–Crippen LogP) is 19.0. The Hall–Kier alpha value is -11.7. The van der Waals surface area contributed by atoms with Crippen molar-refractivity contribution >= 4 is 61.7 Å². The second-order valence-electron chi connectivity index (χ2n) is 22.5. The second kappa shape index (κ2) is 24.2. The van der Waals surface area contributed by atoms with Crippen LogP contribution in [0.4, 0.5) is 0 Å². The Balaban J connectivity index is 1.07. The lowest BCUT2D eigenvalue weighted by molar-refractivity contribution is -0.571. The molecule has 16 aromatic rings. The monoisotopic (exact) mass is 1260 g/mol. The summed E-state index contributed by atoms with van der Waals surface area (Å²) in [5, 5.41) is -2.82. The van der Waals surface area contributed by atoms with Gasteiger partial charge in [0.1, 0.15) is 17.3 Å². The van der Waals surface area contributed by atoms with Gasteiger partial charge in [-0.3, -0.25) is 13.7 Å². The summed E-state index contributed by atoms with van der Waals surface area (Å²) in [6.45, 7) is 6.20. The highest BCUT2D eigenvalue weighted by atomic mass is 28.3. The second-order valence-corrected chi connectivity index (χ2v) is 26.0. The fourth-order valence-corrected chi connectivity index (χ4v) is 15.2. The Labute approximate surface area is 602 Å². The van der Waals surface area contributed by atoms with Crippen molar-refractivity contribution in [3.63, 3.8) is 0 Å². The molecule has 3 heterocycles. The molecule has 3 aromatic heterocycles. The Kier molecular flexibility index (Phi) is 7.75. The average molecular weight is 1260 g/mol. The molecule has 0 radical (unpaired) electrons. The highest BCUT2D eigenvalue weighted by molar-refractivity contribution is 7.19. The highest BCUT2D eigenvalue weighted by Gasteiger charge is 2.41. The molecular formula is C88H66N4OSi. The lowest BCUT2D eigenvalue weighted by atomic mass is 9.88. The minimum Gasteiger partial charge on any atom is -0.458 e. The van der Waals surface area contributed by atoms with Crippen LogP contribution in [-0.2, 0) is 5.41 Å². The van der Waals surface area contributed by atoms with E-state index < -0.39 is 303 Å². The van der Waals surface area contributed by atoms with Crippen molar-refractivity contribution < 1.29 is 60.0 Å². The minimum atomic E-state index is -6.49. The first-order valence-corrected chi connectivity index (χ1v) is 31.2. The van der Waals surface area contributed by atoms with Gasteiger partial charge in [0.05, 0.1) is 84.2 Å². The topological polar surface area (TPSA) is 35.9 Å². The molecule has 0 aliphatic rings. The highest BCUT2D eigenvalue weighted by Crippen LogP contribution is 2.41. The molecule has 5 nitrogen and oxygen atoms in total. The van der Waals surface area contributed by atoms with E-state index in [1.807, 2.05) is 47.0 Å². The maximum Gasteiger partial charge on any atom is 0.269 e. The molecule has 0 unspecified atom stereocenters. The predicted molar refractivity (Wildman–Crippen MR) is 392 cm³/mol. The summed E-state index contributed by atoms with van der Waals surface area (Å²) < 4.78 is 361. The molecule has 94 heavy (non-hydrogen) atoms. The Morgan fingerprint density at radius 2 is 0.957 bits per heavy atom. The average Bonchev–Trinajstić information content (AvgIpc) is 1.11. The summed E-state index contributed by atoms with van der Waals surface area (Å²) in [6, 6.07) is -9.74. The van der Waals surface area contributed by atoms with E-state index in [0.29, 0.717) is 11.3 Å². The minimum absolute atomic E-state index is 0.0343. The van der Waals surface area contributed by atoms with Crippen LogP contribution in [0, 0.1) is 6.33 Å². The first kappa shape index (κ1) is 30.2. The van der Waals surface area contributed by atoms with E-state index in [0.717, 1.165) is 21.9 Å². The molecule has 0 aliphatic heterocycles. The zero-order chi connectivity index (χ0) is 95.4. The number of para-hydroxylation sites is 2. The molecule has 0 fully saturated rings. The van der Waals surface area contributed by atoms with Gasteiger partial charge in [-0.15, -0.1) is 0 Å². The summed E-state index contributed by atoms with van der Waals surface area (Å²) in [7, 11) is -6.49. The van der Waals surface area contributed by atoms with E-state index >= 15 is 0 Å². The van der Waals surface area contributed by atoms with Crippen molar-refractivity contribution in [2.24, 2.45) is 0 Å². The van der Waals surface area contributed by atoms with Crippen molar-refractivity contribution in [1.82, 2.24) is 14.1 Å². The summed E-state index contributed by atoms with van der Waals surface area (Å²) in [6.07, 6.45) is 5.00. The summed E-state index contributed by atoms with van der Waals surface area (Å²) in [5.74, 6) is 0.913. The molecule has 16 rings (SSSR count). The van der Waals surface area contributed by atoms with Gasteiger partial charge in [0.2, 0.25) is 0 Å². The van der Waals surface area contributed by atoms with E-state index in [2.05, 4.69) is 27.1 Å². The van der Waals surface area contributed by atoms with E-state index in [1.54, 1.807) is 30.5 Å². The number of aromatic nitrogens is 4. The molecule has 13 aromatic carbocycles. The van der Waals surface area contributed by atoms with Crippen LogP contribution in [0.2, 0.25) is 0 Å². The van der Waals surface area contributed by atoms with Crippen LogP contribution in [0.15, 0.2) is 345 Å². The molecule has 0 bridgehead atoms. The van der Waals surface area contributed by atoms with Crippen LogP contribution in [0.25, 0.3) is 106 Å². The fourth-order valence-electron chi connectivity index (χ4n) is 11.6. The number of rotatable bonds is 14. The van der Waals surface area contributed by atoms with Crippen molar-refractivity contribution in [2.75, 3.05) is 0 Å². The zero-order valence-corrected chi connectivity index (χ0v) is 50.7. The molecule has 0 atom stereocenters. The fraction of sp³-hybridized carbons (Fsp3) is 0.0455. The summed E-state index contributed by atoms with van der Waals surface area (Å²) >= 11 is 0. The maximum absolute atomic E-state index is 10.9. The first-order valence-electron chi connectivity index (χ1n) is 47.7. The molecular weight excluding hydrogens is 1160 g/mol. The van der Waals surface area contributed by atoms with Crippen LogP contribution < -0.4 is 30.1 Å². The van der Waals surface area contributed by atoms with Gasteiger partial charge >= 0.3 is 0 Å². The van der Waals surface area contributed by atoms with Gasteiger partial charge in [0, 0.05) is 23.0 Å². The summed E-state index contributed by atoms with van der Waals surface area (Å²) in [4.78, 5) is 4.83. The number of benzene rings is 13. The number of hydrogen-bond donors (Lipinski definition) is 0. The third kappa shape index (κ3) is 10.5. The Bertz CT molecular complexity index is 7360. The first-order chi connectivity index (χ1) is 61.6. The number of imidazole rings is 1. The van der Waals surface area contributed by atoms with Gasteiger partial charge in [0.15, 0.2) is 8.07 Å². The van der Waals surface area contributed by atoms with Crippen molar-refractivity contribution in [1.29, 1.82) is 0 Å². The molecule has 0 spiro atoms. The van der Waals surface area contributed by atoms with E-state index in [9.17, 15) is 34.3 Å². The number of fused-ring (bicyclic) bond motifs is 4. The van der Waals surface area contributed by atoms with Gasteiger partial charge in [0.25, 0.3) is 6.33 Å². The molecule has 6 heteroatoms. The van der Waals surface area contributed by atoms with Gasteiger partial charge in [-0.1, -0.05) is 281 Å².